The molecule has 33 heavy (non-hydrogen) atoms. The van der Waals surface area contributed by atoms with Crippen molar-refractivity contribution >= 4 is 11.9 Å². The van der Waals surface area contributed by atoms with E-state index in [0.29, 0.717) is 18.9 Å². The number of benzene rings is 2. The van der Waals surface area contributed by atoms with Gasteiger partial charge in [0.15, 0.2) is 0 Å². The van der Waals surface area contributed by atoms with Crippen molar-refractivity contribution in [2.75, 3.05) is 26.9 Å². The van der Waals surface area contributed by atoms with Crippen molar-refractivity contribution in [1.29, 1.82) is 0 Å². The third kappa shape index (κ3) is 11.2. The second kappa shape index (κ2) is 16.4. The van der Waals surface area contributed by atoms with Gasteiger partial charge in [0.05, 0.1) is 12.8 Å². The predicted octanol–water partition coefficient (Wildman–Crippen LogP) is 4.20. The fourth-order valence-electron chi connectivity index (χ4n) is 2.89. The number of hydrazine groups is 2. The van der Waals surface area contributed by atoms with Crippen molar-refractivity contribution in [2.45, 2.75) is 26.2 Å². The van der Waals surface area contributed by atoms with E-state index in [1.165, 1.54) is 5.56 Å². The maximum absolute atomic E-state index is 5.63. The first-order valence-electron chi connectivity index (χ1n) is 11.1. The zero-order valence-electron chi connectivity index (χ0n) is 19.6. The Morgan fingerprint density at radius 2 is 1.82 bits per heavy atom. The fraction of sp³-hybridized carbons (Fsp3) is 0.308. The van der Waals surface area contributed by atoms with Crippen LogP contribution in [0.5, 0.6) is 5.75 Å². The predicted molar refractivity (Wildman–Crippen MR) is 136 cm³/mol. The van der Waals surface area contributed by atoms with Crippen LogP contribution in [0.4, 0.5) is 0 Å². The van der Waals surface area contributed by atoms with Crippen LogP contribution < -0.4 is 21.2 Å². The highest BCUT2D eigenvalue weighted by Gasteiger charge is 2.03. The molecule has 2 aromatic rings. The quantitative estimate of drug-likeness (QED) is 0.155. The standard InChI is InChI=1S/C26H35N5O2/c1-4-10-22(2)27-21-26(24-14-16-25(17-15-24)33-20-19-32-3)29-31-30-28-18-9-8-13-23-11-6-5-7-12-23/h4-7,10-12,14-17,21,28,30-31H,1,8-9,13,18-20H2,2-3H3/b22-10+,27-21+,29-26+. The first kappa shape index (κ1) is 26.0. The van der Waals surface area contributed by atoms with E-state index in [-0.39, 0.29) is 0 Å². The molecule has 0 spiro atoms. The largest absolute Gasteiger partial charge is 0.491 e. The summed E-state index contributed by atoms with van der Waals surface area (Å²) in [6.45, 7) is 7.49. The molecule has 0 aliphatic carbocycles. The lowest BCUT2D eigenvalue weighted by atomic mass is 10.1. The summed E-state index contributed by atoms with van der Waals surface area (Å²) in [5, 5.41) is 4.43. The number of allylic oxidation sites excluding steroid dienone is 3. The van der Waals surface area contributed by atoms with Crippen molar-refractivity contribution < 1.29 is 9.47 Å². The molecule has 2 rings (SSSR count). The number of hydrogen-bond donors (Lipinski definition) is 3. The minimum absolute atomic E-state index is 0.506. The molecular formula is C26H35N5O2. The second-order valence-corrected chi connectivity index (χ2v) is 7.27. The highest BCUT2D eigenvalue weighted by atomic mass is 16.5. The number of ether oxygens (including phenoxy) is 2. The molecule has 0 bridgehead atoms. The van der Waals surface area contributed by atoms with Crippen molar-refractivity contribution in [3.05, 3.63) is 90.2 Å². The smallest absolute Gasteiger partial charge is 0.119 e. The SMILES string of the molecule is C=C/C=C(C)/N=C/C(=N\NNNCCCCc1ccccc1)c1ccc(OCCOC)cc1. The third-order valence-electron chi connectivity index (χ3n) is 4.64. The number of hydrogen-bond acceptors (Lipinski definition) is 7. The van der Waals surface area contributed by atoms with E-state index < -0.39 is 0 Å². The number of nitrogens with one attached hydrogen (secondary N) is 3. The Bertz CT molecular complexity index is 893. The molecule has 7 nitrogen and oxygen atoms in total. The lowest BCUT2D eigenvalue weighted by Crippen LogP contribution is -2.41. The van der Waals surface area contributed by atoms with Crippen LogP contribution in [-0.4, -0.2) is 38.8 Å². The summed E-state index contributed by atoms with van der Waals surface area (Å²) in [4.78, 5) is 4.44. The van der Waals surface area contributed by atoms with E-state index >= 15 is 0 Å². The second-order valence-electron chi connectivity index (χ2n) is 7.27. The third-order valence-corrected chi connectivity index (χ3v) is 4.64. The molecule has 0 unspecified atom stereocenters. The lowest BCUT2D eigenvalue weighted by Gasteiger charge is -2.09. The maximum Gasteiger partial charge on any atom is 0.119 e. The number of aryl methyl sites for hydroxylation is 1. The number of methoxy groups -OCH3 is 1. The van der Waals surface area contributed by atoms with E-state index in [4.69, 9.17) is 9.47 Å². The van der Waals surface area contributed by atoms with E-state index in [9.17, 15) is 0 Å². The zero-order chi connectivity index (χ0) is 23.6. The maximum atomic E-state index is 5.63. The average molecular weight is 450 g/mol. The molecule has 0 aliphatic heterocycles. The molecule has 0 saturated heterocycles. The van der Waals surface area contributed by atoms with Gasteiger partial charge in [-0.3, -0.25) is 4.99 Å². The average Bonchev–Trinajstić information content (AvgIpc) is 2.84. The van der Waals surface area contributed by atoms with Crippen LogP contribution in [0.2, 0.25) is 0 Å². The highest BCUT2D eigenvalue weighted by Crippen LogP contribution is 2.13. The Morgan fingerprint density at radius 3 is 2.55 bits per heavy atom. The van der Waals surface area contributed by atoms with Gasteiger partial charge >= 0.3 is 0 Å². The van der Waals surface area contributed by atoms with Crippen molar-refractivity contribution in [1.82, 2.24) is 16.5 Å². The summed E-state index contributed by atoms with van der Waals surface area (Å²) in [5.74, 6) is 0.776. The van der Waals surface area contributed by atoms with Crippen LogP contribution in [0.1, 0.15) is 30.9 Å². The van der Waals surface area contributed by atoms with E-state index in [1.54, 1.807) is 19.4 Å². The van der Waals surface area contributed by atoms with Gasteiger partial charge in [0.1, 0.15) is 18.1 Å². The van der Waals surface area contributed by atoms with E-state index in [0.717, 1.165) is 42.8 Å². The minimum Gasteiger partial charge on any atom is -0.491 e. The number of unbranched alkanes of at least 4 members (excludes halogenated alkanes) is 1. The Labute approximate surface area is 197 Å². The number of hydrazone groups is 1. The molecule has 0 amide bonds. The van der Waals surface area contributed by atoms with Gasteiger partial charge in [-0.15, -0.1) is 0 Å². The molecule has 3 N–H and O–H groups in total. The van der Waals surface area contributed by atoms with Gasteiger partial charge in [0.2, 0.25) is 0 Å². The molecule has 7 heteroatoms. The molecule has 0 radical (unpaired) electrons. The van der Waals surface area contributed by atoms with Gasteiger partial charge in [-0.2, -0.15) is 10.6 Å². The molecular weight excluding hydrogens is 414 g/mol. The van der Waals surface area contributed by atoms with Gasteiger partial charge < -0.3 is 9.47 Å². The van der Waals surface area contributed by atoms with Crippen LogP contribution in [0.3, 0.4) is 0 Å². The summed E-state index contributed by atoms with van der Waals surface area (Å²) in [7, 11) is 1.65. The first-order valence-corrected chi connectivity index (χ1v) is 11.1. The Morgan fingerprint density at radius 1 is 1.03 bits per heavy atom. The molecule has 0 heterocycles. The summed E-state index contributed by atoms with van der Waals surface area (Å²) < 4.78 is 10.6. The van der Waals surface area contributed by atoms with Crippen LogP contribution in [0.15, 0.2) is 89.1 Å². The molecule has 0 aliphatic rings. The monoisotopic (exact) mass is 449 g/mol. The van der Waals surface area contributed by atoms with Gasteiger partial charge in [0.25, 0.3) is 0 Å². The van der Waals surface area contributed by atoms with Crippen molar-refractivity contribution in [3.63, 3.8) is 0 Å². The highest BCUT2D eigenvalue weighted by molar-refractivity contribution is 6.38. The Kier molecular flexibility index (Phi) is 12.9. The lowest BCUT2D eigenvalue weighted by molar-refractivity contribution is 0.146. The molecule has 0 atom stereocenters. The van der Waals surface area contributed by atoms with Gasteiger partial charge in [-0.05, 0) is 62.1 Å². The number of aliphatic imine (C=N–C) groups is 1. The summed E-state index contributed by atoms with van der Waals surface area (Å²) in [5.41, 5.74) is 12.7. The molecule has 0 fully saturated rings. The summed E-state index contributed by atoms with van der Waals surface area (Å²) >= 11 is 0. The number of rotatable bonds is 16. The van der Waals surface area contributed by atoms with Gasteiger partial charge in [-0.1, -0.05) is 43.0 Å². The van der Waals surface area contributed by atoms with Crippen LogP contribution >= 0.6 is 0 Å². The first-order chi connectivity index (χ1) is 16.2. The topological polar surface area (TPSA) is 79.3 Å². The molecule has 0 aromatic heterocycles. The Hall–Kier alpha value is -3.26. The molecule has 0 saturated carbocycles. The summed E-state index contributed by atoms with van der Waals surface area (Å²) in [6.07, 6.45) is 8.51. The van der Waals surface area contributed by atoms with Crippen LogP contribution in [0.25, 0.3) is 0 Å². The fourth-order valence-corrected chi connectivity index (χ4v) is 2.89. The van der Waals surface area contributed by atoms with Crippen molar-refractivity contribution in [3.8, 4) is 5.75 Å². The summed E-state index contributed by atoms with van der Waals surface area (Å²) in [6, 6.07) is 18.2. The molecule has 2 aromatic carbocycles. The minimum atomic E-state index is 0.506. The van der Waals surface area contributed by atoms with Crippen LogP contribution in [0, 0.1) is 0 Å². The van der Waals surface area contributed by atoms with E-state index in [1.807, 2.05) is 43.3 Å². The van der Waals surface area contributed by atoms with Crippen molar-refractivity contribution in [2.24, 2.45) is 10.1 Å². The van der Waals surface area contributed by atoms with Gasteiger partial charge in [0, 0.05) is 24.9 Å². The normalized spacial score (nSPS) is 12.2. The molecule has 176 valence electrons. The van der Waals surface area contributed by atoms with Crippen LogP contribution in [-0.2, 0) is 11.2 Å². The van der Waals surface area contributed by atoms with Gasteiger partial charge in [-0.25, -0.2) is 11.0 Å². The van der Waals surface area contributed by atoms with E-state index in [2.05, 4.69) is 57.4 Å². The Balaban J connectivity index is 1.85. The number of nitrogens with zero attached hydrogens (tertiary/aromatic N) is 2. The zero-order valence-corrected chi connectivity index (χ0v) is 19.6.